The van der Waals surface area contributed by atoms with Crippen LogP contribution in [0.3, 0.4) is 0 Å². The number of aliphatic imine (C=N–C) groups is 2. The van der Waals surface area contributed by atoms with Crippen LogP contribution < -0.4 is 0 Å². The molecule has 4 aromatic carbocycles. The van der Waals surface area contributed by atoms with Gasteiger partial charge in [-0.05, 0) is 50.5 Å². The standard InChI is InChI=1S/C50H64N2O6/c1-47(2,3)35-23-33(42(53)37(25-35)49(7,8)9)27-51-40-41(52-28-34-24-36(48(4,5)6)26-38(43(34)54)50(10,11)12)46(55-29-31-19-15-13-16-20-31)57-39-30-56-45(58-44(39)40)32-21-17-14-18-22-32/h13-28,39-41,44-46,53-54H,29-30H2,1-12H3/t39-,40-,41-,44-,45-,46+/m1/s1. The number of hydrogen-bond donors (Lipinski definition) is 2. The van der Waals surface area contributed by atoms with Gasteiger partial charge in [0.2, 0.25) is 0 Å². The monoisotopic (exact) mass is 788 g/mol. The Labute approximate surface area is 346 Å². The molecule has 0 bridgehead atoms. The number of ether oxygens (including phenoxy) is 4. The number of benzene rings is 4. The van der Waals surface area contributed by atoms with E-state index in [2.05, 4.69) is 95.2 Å². The summed E-state index contributed by atoms with van der Waals surface area (Å²) in [5.74, 6) is 0.379. The Morgan fingerprint density at radius 3 is 1.59 bits per heavy atom. The number of fused-ring (bicyclic) bond motifs is 1. The van der Waals surface area contributed by atoms with E-state index in [4.69, 9.17) is 28.9 Å². The van der Waals surface area contributed by atoms with Crippen molar-refractivity contribution in [2.45, 2.75) is 148 Å². The fourth-order valence-corrected chi connectivity index (χ4v) is 7.43. The molecular formula is C50H64N2O6. The summed E-state index contributed by atoms with van der Waals surface area (Å²) >= 11 is 0. The van der Waals surface area contributed by atoms with Gasteiger partial charge < -0.3 is 29.2 Å². The minimum absolute atomic E-state index is 0.175. The maximum absolute atomic E-state index is 11.8. The first kappa shape index (κ1) is 43.2. The van der Waals surface area contributed by atoms with E-state index in [9.17, 15) is 10.2 Å². The average Bonchev–Trinajstić information content (AvgIpc) is 3.15. The van der Waals surface area contributed by atoms with Gasteiger partial charge in [0.15, 0.2) is 12.6 Å². The zero-order valence-corrected chi connectivity index (χ0v) is 36.5. The van der Waals surface area contributed by atoms with Gasteiger partial charge in [-0.15, -0.1) is 0 Å². The van der Waals surface area contributed by atoms with E-state index in [1.807, 2.05) is 72.8 Å². The molecule has 0 aromatic heterocycles. The molecule has 4 aromatic rings. The van der Waals surface area contributed by atoms with E-state index in [0.717, 1.165) is 33.4 Å². The third kappa shape index (κ3) is 9.91. The van der Waals surface area contributed by atoms with Crippen molar-refractivity contribution in [1.29, 1.82) is 0 Å². The Bertz CT molecular complexity index is 2080. The van der Waals surface area contributed by atoms with Crippen molar-refractivity contribution in [3.05, 3.63) is 129 Å². The largest absolute Gasteiger partial charge is 0.507 e. The van der Waals surface area contributed by atoms with E-state index in [1.165, 1.54) is 0 Å². The molecule has 0 amide bonds. The molecule has 8 nitrogen and oxygen atoms in total. The molecule has 6 rings (SSSR count). The van der Waals surface area contributed by atoms with Gasteiger partial charge in [-0.1, -0.05) is 156 Å². The number of nitrogens with zero attached hydrogens (tertiary/aromatic N) is 2. The number of phenols is 2. The molecule has 2 aliphatic heterocycles. The normalized spacial score (nSPS) is 23.4. The molecule has 0 unspecified atom stereocenters. The second-order valence-corrected chi connectivity index (χ2v) is 20.0. The van der Waals surface area contributed by atoms with Crippen LogP contribution >= 0.6 is 0 Å². The van der Waals surface area contributed by atoms with Crippen LogP contribution in [0, 0.1) is 0 Å². The zero-order valence-electron chi connectivity index (χ0n) is 36.5. The van der Waals surface area contributed by atoms with Crippen LogP contribution in [-0.4, -0.2) is 59.8 Å². The lowest BCUT2D eigenvalue weighted by Crippen LogP contribution is -2.61. The summed E-state index contributed by atoms with van der Waals surface area (Å²) < 4.78 is 26.5. The van der Waals surface area contributed by atoms with Crippen molar-refractivity contribution in [2.75, 3.05) is 6.61 Å². The first-order valence-electron chi connectivity index (χ1n) is 20.6. The number of rotatable bonds is 8. The lowest BCUT2D eigenvalue weighted by molar-refractivity contribution is -0.325. The molecule has 0 radical (unpaired) electrons. The molecule has 2 aliphatic rings. The first-order chi connectivity index (χ1) is 27.1. The Hall–Kier alpha value is -4.34. The molecule has 0 saturated carbocycles. The van der Waals surface area contributed by atoms with Gasteiger partial charge in [-0.25, -0.2) is 0 Å². The molecular weight excluding hydrogens is 725 g/mol. The molecule has 0 aliphatic carbocycles. The zero-order chi connectivity index (χ0) is 42.2. The van der Waals surface area contributed by atoms with Gasteiger partial charge >= 0.3 is 0 Å². The quantitative estimate of drug-likeness (QED) is 0.172. The number of aromatic hydroxyl groups is 2. The van der Waals surface area contributed by atoms with E-state index >= 15 is 0 Å². The Morgan fingerprint density at radius 2 is 1.10 bits per heavy atom. The third-order valence-corrected chi connectivity index (χ3v) is 11.1. The van der Waals surface area contributed by atoms with Crippen molar-refractivity contribution in [3.8, 4) is 11.5 Å². The lowest BCUT2D eigenvalue weighted by Gasteiger charge is -2.47. The number of hydrogen-bond acceptors (Lipinski definition) is 8. The minimum atomic E-state index is -0.852. The first-order valence-corrected chi connectivity index (χ1v) is 20.6. The summed E-state index contributed by atoms with van der Waals surface area (Å²) in [6, 6.07) is 26.7. The van der Waals surface area contributed by atoms with Gasteiger partial charge in [-0.3, -0.25) is 9.98 Å². The minimum Gasteiger partial charge on any atom is -0.507 e. The highest BCUT2D eigenvalue weighted by molar-refractivity contribution is 5.86. The van der Waals surface area contributed by atoms with Crippen molar-refractivity contribution in [2.24, 2.45) is 9.98 Å². The van der Waals surface area contributed by atoms with Crippen LogP contribution in [0.25, 0.3) is 0 Å². The summed E-state index contributed by atoms with van der Waals surface area (Å²) in [6.07, 6.45) is 0.869. The van der Waals surface area contributed by atoms with E-state index in [0.29, 0.717) is 11.1 Å². The molecule has 2 saturated heterocycles. The Morgan fingerprint density at radius 1 is 0.621 bits per heavy atom. The molecule has 58 heavy (non-hydrogen) atoms. The molecule has 8 heteroatoms. The molecule has 2 fully saturated rings. The van der Waals surface area contributed by atoms with Gasteiger partial charge in [0.25, 0.3) is 0 Å². The Kier molecular flexibility index (Phi) is 12.5. The molecule has 2 heterocycles. The van der Waals surface area contributed by atoms with Gasteiger partial charge in [0.1, 0.15) is 35.8 Å². The SMILES string of the molecule is CC(C)(C)c1cc(C=N[C@@H]2[C@@H](N=Cc3cc(C(C)(C)C)cc(C(C)(C)C)c3O)[C@@H](OCc3ccccc3)O[C@@H]3CO[C@@H](c4ccccc4)O[C@@H]23)c(O)c(C(C)(C)C)c1. The fourth-order valence-electron chi connectivity index (χ4n) is 7.43. The highest BCUT2D eigenvalue weighted by atomic mass is 16.7. The molecule has 2 N–H and O–H groups in total. The molecule has 6 atom stereocenters. The van der Waals surface area contributed by atoms with Crippen molar-refractivity contribution >= 4 is 12.4 Å². The molecule has 310 valence electrons. The summed E-state index contributed by atoms with van der Waals surface area (Å²) in [5, 5.41) is 23.6. The van der Waals surface area contributed by atoms with E-state index < -0.39 is 36.9 Å². The van der Waals surface area contributed by atoms with Crippen molar-refractivity contribution in [3.63, 3.8) is 0 Å². The van der Waals surface area contributed by atoms with Crippen LogP contribution in [0.4, 0.5) is 0 Å². The highest BCUT2D eigenvalue weighted by Gasteiger charge is 2.50. The second-order valence-electron chi connectivity index (χ2n) is 20.0. The van der Waals surface area contributed by atoms with Crippen LogP contribution in [0.15, 0.2) is 94.9 Å². The topological polar surface area (TPSA) is 102 Å². The summed E-state index contributed by atoms with van der Waals surface area (Å²) in [6.45, 7) is 26.2. The summed E-state index contributed by atoms with van der Waals surface area (Å²) in [5.41, 5.74) is 5.97. The Balaban J connectivity index is 1.51. The maximum atomic E-state index is 11.8. The summed E-state index contributed by atoms with van der Waals surface area (Å²) in [7, 11) is 0. The van der Waals surface area contributed by atoms with Crippen LogP contribution in [-0.2, 0) is 47.2 Å². The number of phenolic OH excluding ortho intramolecular Hbond substituents is 2. The lowest BCUT2D eigenvalue weighted by atomic mass is 9.79. The summed E-state index contributed by atoms with van der Waals surface area (Å²) in [4.78, 5) is 10.5. The molecule has 0 spiro atoms. The van der Waals surface area contributed by atoms with Gasteiger partial charge in [0.05, 0.1) is 13.2 Å². The highest BCUT2D eigenvalue weighted by Crippen LogP contribution is 2.41. The van der Waals surface area contributed by atoms with Crippen LogP contribution in [0.2, 0.25) is 0 Å². The predicted molar refractivity (Wildman–Crippen MR) is 234 cm³/mol. The van der Waals surface area contributed by atoms with Crippen LogP contribution in [0.1, 0.15) is 134 Å². The smallest absolute Gasteiger partial charge is 0.184 e. The fraction of sp³-hybridized carbons (Fsp3) is 0.480. The van der Waals surface area contributed by atoms with Gasteiger partial charge in [0, 0.05) is 40.2 Å². The van der Waals surface area contributed by atoms with Crippen molar-refractivity contribution in [1.82, 2.24) is 0 Å². The van der Waals surface area contributed by atoms with Crippen molar-refractivity contribution < 1.29 is 29.2 Å². The average molecular weight is 789 g/mol. The van der Waals surface area contributed by atoms with Crippen LogP contribution in [0.5, 0.6) is 11.5 Å². The third-order valence-electron chi connectivity index (χ3n) is 11.1. The van der Waals surface area contributed by atoms with E-state index in [-0.39, 0.29) is 46.4 Å². The predicted octanol–water partition coefficient (Wildman–Crippen LogP) is 10.6. The van der Waals surface area contributed by atoms with Gasteiger partial charge in [-0.2, -0.15) is 0 Å². The maximum Gasteiger partial charge on any atom is 0.184 e. The second kappa shape index (κ2) is 16.7. The van der Waals surface area contributed by atoms with E-state index in [1.54, 1.807) is 12.4 Å².